The second kappa shape index (κ2) is 10.2. The third kappa shape index (κ3) is 5.05. The van der Waals surface area contributed by atoms with Gasteiger partial charge in [0.25, 0.3) is 0 Å². The molecule has 2 aliphatic rings. The molecule has 1 unspecified atom stereocenters. The number of Topliss-reactive ketones (excluding diaryl/α,β-unsaturated/α-hetero) is 1. The number of carbonyl (C=O) groups is 3. The van der Waals surface area contributed by atoms with Crippen LogP contribution in [0, 0.1) is 0 Å². The second-order valence-corrected chi connectivity index (χ2v) is 8.64. The summed E-state index contributed by atoms with van der Waals surface area (Å²) in [6, 6.07) is 8.99. The maximum atomic E-state index is 13.0. The van der Waals surface area contributed by atoms with Gasteiger partial charge in [-0.3, -0.25) is 14.4 Å². The summed E-state index contributed by atoms with van der Waals surface area (Å²) in [7, 11) is 0. The number of ether oxygens (including phenoxy) is 4. The molecule has 6 atom stereocenters. The number of ketones is 1. The molecular weight excluding hydrogens is 476 g/mol. The van der Waals surface area contributed by atoms with E-state index in [0.717, 1.165) is 6.92 Å². The van der Waals surface area contributed by atoms with E-state index in [-0.39, 0.29) is 34.8 Å². The van der Waals surface area contributed by atoms with Crippen LogP contribution in [0.15, 0.2) is 36.4 Å². The molecule has 192 valence electrons. The van der Waals surface area contributed by atoms with Crippen LogP contribution in [0.1, 0.15) is 54.0 Å². The number of rotatable bonds is 5. The summed E-state index contributed by atoms with van der Waals surface area (Å²) in [5.74, 6) is -1.51. The number of hydrogen-bond acceptors (Lipinski definition) is 11. The molecule has 2 aromatic carbocycles. The van der Waals surface area contributed by atoms with Gasteiger partial charge in [-0.15, -0.1) is 0 Å². The molecular formula is C25H26O11. The molecule has 0 radical (unpaired) electrons. The summed E-state index contributed by atoms with van der Waals surface area (Å²) in [5, 5.41) is 42.1. The number of carbonyl (C=O) groups excluding carboxylic acids is 3. The molecule has 0 aromatic heterocycles. The van der Waals surface area contributed by atoms with E-state index in [4.69, 9.17) is 18.9 Å². The maximum absolute atomic E-state index is 13.0. The first-order valence-corrected chi connectivity index (χ1v) is 11.2. The van der Waals surface area contributed by atoms with Gasteiger partial charge in [-0.2, -0.15) is 0 Å². The molecule has 1 fully saturated rings. The molecule has 2 heterocycles. The summed E-state index contributed by atoms with van der Waals surface area (Å²) in [6.45, 7) is 2.02. The number of fused-ring (bicyclic) bond motifs is 1. The van der Waals surface area contributed by atoms with Crippen molar-refractivity contribution in [2.45, 2.75) is 56.9 Å². The quantitative estimate of drug-likeness (QED) is 0.341. The standard InChI is InChI=1S/C25H26O11/c1-11(26)33-10-19-21(30)22(31)23(32)25(36-19)20-16(28)8-7-15-17(29)9-18(35-24(15)20)13-3-5-14(6-4-13)34-12(2)27/h3-8,18-19,21-23,25,28,30-32H,9-10H2,1-2H3/t18?,19-,21-,22-,23-,25-/m1/s1. The van der Waals surface area contributed by atoms with E-state index < -0.39 is 55.2 Å². The molecule has 11 nitrogen and oxygen atoms in total. The monoisotopic (exact) mass is 502 g/mol. The maximum Gasteiger partial charge on any atom is 0.308 e. The Morgan fingerprint density at radius 3 is 2.31 bits per heavy atom. The van der Waals surface area contributed by atoms with E-state index in [1.54, 1.807) is 24.3 Å². The lowest BCUT2D eigenvalue weighted by Gasteiger charge is -2.41. The number of phenols is 1. The average molecular weight is 502 g/mol. The zero-order chi connectivity index (χ0) is 26.1. The predicted octanol–water partition coefficient (Wildman–Crippen LogP) is 1.11. The van der Waals surface area contributed by atoms with Gasteiger partial charge in [-0.25, -0.2) is 0 Å². The number of aliphatic hydroxyl groups is 3. The largest absolute Gasteiger partial charge is 0.507 e. The number of aliphatic hydroxyl groups excluding tert-OH is 3. The summed E-state index contributed by atoms with van der Waals surface area (Å²) >= 11 is 0. The Bertz CT molecular complexity index is 1160. The summed E-state index contributed by atoms with van der Waals surface area (Å²) in [4.78, 5) is 35.4. The highest BCUT2D eigenvalue weighted by Crippen LogP contribution is 2.47. The van der Waals surface area contributed by atoms with Gasteiger partial charge in [0.05, 0.1) is 17.5 Å². The molecule has 0 aliphatic carbocycles. The number of benzene rings is 2. The highest BCUT2D eigenvalue weighted by Gasteiger charge is 2.47. The van der Waals surface area contributed by atoms with Gasteiger partial charge in [0, 0.05) is 13.8 Å². The van der Waals surface area contributed by atoms with Crippen molar-refractivity contribution in [2.24, 2.45) is 0 Å². The lowest BCUT2D eigenvalue weighted by atomic mass is 9.87. The minimum atomic E-state index is -1.71. The fourth-order valence-electron chi connectivity index (χ4n) is 4.30. The van der Waals surface area contributed by atoms with Crippen LogP contribution in [0.3, 0.4) is 0 Å². The molecule has 11 heteroatoms. The number of hydrogen-bond donors (Lipinski definition) is 4. The fraction of sp³-hybridized carbons (Fsp3) is 0.400. The van der Waals surface area contributed by atoms with Crippen molar-refractivity contribution in [2.75, 3.05) is 6.61 Å². The van der Waals surface area contributed by atoms with Crippen LogP contribution < -0.4 is 9.47 Å². The minimum absolute atomic E-state index is 0.0192. The fourth-order valence-corrected chi connectivity index (χ4v) is 4.30. The number of phenolic OH excluding ortho intramolecular Hbond substituents is 1. The van der Waals surface area contributed by atoms with E-state index in [2.05, 4.69) is 0 Å². The summed E-state index contributed by atoms with van der Waals surface area (Å²) in [6.07, 6.45) is -8.42. The first kappa shape index (κ1) is 25.6. The van der Waals surface area contributed by atoms with E-state index in [1.165, 1.54) is 19.1 Å². The molecule has 0 spiro atoms. The van der Waals surface area contributed by atoms with Crippen LogP contribution in [-0.4, -0.2) is 69.2 Å². The van der Waals surface area contributed by atoms with Gasteiger partial charge in [0.2, 0.25) is 0 Å². The van der Waals surface area contributed by atoms with Crippen molar-refractivity contribution in [1.29, 1.82) is 0 Å². The van der Waals surface area contributed by atoms with Crippen molar-refractivity contribution in [3.05, 3.63) is 53.1 Å². The first-order valence-electron chi connectivity index (χ1n) is 11.2. The van der Waals surface area contributed by atoms with Gasteiger partial charge < -0.3 is 39.4 Å². The topological polar surface area (TPSA) is 169 Å². The van der Waals surface area contributed by atoms with Crippen molar-refractivity contribution >= 4 is 17.7 Å². The molecule has 2 aliphatic heterocycles. The Kier molecular flexibility index (Phi) is 7.27. The van der Waals surface area contributed by atoms with Crippen LogP contribution in [0.5, 0.6) is 17.2 Å². The molecule has 0 amide bonds. The van der Waals surface area contributed by atoms with E-state index in [0.29, 0.717) is 11.3 Å². The SMILES string of the molecule is CC(=O)OC[C@H]1O[C@H](c2c(O)ccc3c2OC(c2ccc(OC(C)=O)cc2)CC3=O)[C@H](O)[C@H](O)[C@@H]1O. The molecule has 1 saturated heterocycles. The van der Waals surface area contributed by atoms with Crippen molar-refractivity contribution in [3.8, 4) is 17.2 Å². The van der Waals surface area contributed by atoms with Crippen LogP contribution in [-0.2, 0) is 19.1 Å². The van der Waals surface area contributed by atoms with E-state index in [9.17, 15) is 34.8 Å². The molecule has 36 heavy (non-hydrogen) atoms. The Balaban J connectivity index is 1.68. The van der Waals surface area contributed by atoms with Crippen LogP contribution in [0.2, 0.25) is 0 Å². The van der Waals surface area contributed by atoms with Crippen molar-refractivity contribution in [3.63, 3.8) is 0 Å². The Morgan fingerprint density at radius 2 is 1.67 bits per heavy atom. The number of esters is 2. The Labute approximate surface area is 205 Å². The van der Waals surface area contributed by atoms with Crippen LogP contribution in [0.4, 0.5) is 0 Å². The zero-order valence-corrected chi connectivity index (χ0v) is 19.5. The van der Waals surface area contributed by atoms with Gasteiger partial charge in [-0.1, -0.05) is 12.1 Å². The molecule has 2 aromatic rings. The normalized spacial score (nSPS) is 27.5. The molecule has 0 bridgehead atoms. The van der Waals surface area contributed by atoms with E-state index >= 15 is 0 Å². The number of aromatic hydroxyl groups is 1. The van der Waals surface area contributed by atoms with Gasteiger partial charge in [0.15, 0.2) is 5.78 Å². The first-order chi connectivity index (χ1) is 17.1. The Hall–Kier alpha value is -3.51. The average Bonchev–Trinajstić information content (AvgIpc) is 2.82. The third-order valence-corrected chi connectivity index (χ3v) is 6.07. The van der Waals surface area contributed by atoms with Gasteiger partial charge in [0.1, 0.15) is 60.5 Å². The summed E-state index contributed by atoms with van der Waals surface area (Å²) in [5.41, 5.74) is 0.643. The lowest BCUT2D eigenvalue weighted by molar-refractivity contribution is -0.234. The second-order valence-electron chi connectivity index (χ2n) is 8.64. The van der Waals surface area contributed by atoms with Crippen molar-refractivity contribution in [1.82, 2.24) is 0 Å². The molecule has 4 N–H and O–H groups in total. The minimum Gasteiger partial charge on any atom is -0.507 e. The highest BCUT2D eigenvalue weighted by atomic mass is 16.6. The van der Waals surface area contributed by atoms with Gasteiger partial charge in [-0.05, 0) is 29.8 Å². The highest BCUT2D eigenvalue weighted by molar-refractivity contribution is 6.00. The van der Waals surface area contributed by atoms with Crippen molar-refractivity contribution < 1.29 is 53.8 Å². The van der Waals surface area contributed by atoms with Crippen LogP contribution in [0.25, 0.3) is 0 Å². The lowest BCUT2D eigenvalue weighted by Crippen LogP contribution is -2.55. The summed E-state index contributed by atoms with van der Waals surface area (Å²) < 4.78 is 21.8. The smallest absolute Gasteiger partial charge is 0.308 e. The molecule has 0 saturated carbocycles. The molecule has 4 rings (SSSR count). The van der Waals surface area contributed by atoms with Gasteiger partial charge >= 0.3 is 11.9 Å². The Morgan fingerprint density at radius 1 is 0.972 bits per heavy atom. The predicted molar refractivity (Wildman–Crippen MR) is 120 cm³/mol. The van der Waals surface area contributed by atoms with Crippen LogP contribution >= 0.6 is 0 Å². The zero-order valence-electron chi connectivity index (χ0n) is 19.5. The van der Waals surface area contributed by atoms with E-state index in [1.807, 2.05) is 0 Å². The third-order valence-electron chi connectivity index (χ3n) is 6.07.